The first-order chi connectivity index (χ1) is 9.30. The molecule has 2 nitrogen and oxygen atoms in total. The van der Waals surface area contributed by atoms with Gasteiger partial charge in [0.1, 0.15) is 0 Å². The van der Waals surface area contributed by atoms with Crippen molar-refractivity contribution in [3.8, 4) is 0 Å². The summed E-state index contributed by atoms with van der Waals surface area (Å²) in [5, 5.41) is 0. The van der Waals surface area contributed by atoms with E-state index in [-0.39, 0.29) is 18.3 Å². The van der Waals surface area contributed by atoms with Crippen molar-refractivity contribution in [3.63, 3.8) is 0 Å². The van der Waals surface area contributed by atoms with E-state index in [9.17, 15) is 0 Å². The van der Waals surface area contributed by atoms with Gasteiger partial charge < -0.3 is 9.31 Å². The summed E-state index contributed by atoms with van der Waals surface area (Å²) in [5.74, 6) is 0.699. The van der Waals surface area contributed by atoms with Gasteiger partial charge >= 0.3 is 7.12 Å². The van der Waals surface area contributed by atoms with Gasteiger partial charge in [0.25, 0.3) is 0 Å². The molecule has 0 atom stereocenters. The highest BCUT2D eigenvalue weighted by atomic mass is 16.7. The molecule has 1 saturated heterocycles. The summed E-state index contributed by atoms with van der Waals surface area (Å²) in [7, 11) is -0.226. The van der Waals surface area contributed by atoms with E-state index >= 15 is 0 Å². The van der Waals surface area contributed by atoms with E-state index in [1.54, 1.807) is 0 Å². The molecule has 1 saturated carbocycles. The summed E-state index contributed by atoms with van der Waals surface area (Å²) in [6.45, 7) is 10.6. The zero-order valence-corrected chi connectivity index (χ0v) is 13.3. The summed E-state index contributed by atoms with van der Waals surface area (Å²) < 4.78 is 12.5. The van der Waals surface area contributed by atoms with Crippen LogP contribution in [-0.2, 0) is 9.31 Å². The molecule has 1 aromatic rings. The van der Waals surface area contributed by atoms with Gasteiger partial charge in [-0.05, 0) is 64.4 Å². The number of hydrogen-bond acceptors (Lipinski definition) is 2. The molecule has 1 aromatic carbocycles. The van der Waals surface area contributed by atoms with E-state index in [0.29, 0.717) is 5.92 Å². The van der Waals surface area contributed by atoms with Gasteiger partial charge in [-0.15, -0.1) is 0 Å². The van der Waals surface area contributed by atoms with Crippen LogP contribution in [0.3, 0.4) is 0 Å². The molecular formula is C17H25BO2. The molecule has 0 spiro atoms. The van der Waals surface area contributed by atoms with Crippen molar-refractivity contribution in [2.45, 2.75) is 71.0 Å². The Labute approximate surface area is 123 Å². The Morgan fingerprint density at radius 1 is 1.05 bits per heavy atom. The first-order valence-electron chi connectivity index (χ1n) is 7.76. The smallest absolute Gasteiger partial charge is 0.399 e. The summed E-state index contributed by atoms with van der Waals surface area (Å²) in [4.78, 5) is 0. The van der Waals surface area contributed by atoms with Crippen molar-refractivity contribution >= 4 is 12.6 Å². The topological polar surface area (TPSA) is 18.5 Å². The molecule has 1 aliphatic heterocycles. The van der Waals surface area contributed by atoms with Crippen molar-refractivity contribution < 1.29 is 9.31 Å². The van der Waals surface area contributed by atoms with E-state index in [0.717, 1.165) is 0 Å². The molecule has 0 amide bonds. The van der Waals surface area contributed by atoms with Crippen molar-refractivity contribution in [3.05, 3.63) is 29.3 Å². The third-order valence-corrected chi connectivity index (χ3v) is 5.29. The average Bonchev–Trinajstić information content (AvgIpc) is 2.48. The van der Waals surface area contributed by atoms with Gasteiger partial charge in [-0.3, -0.25) is 0 Å². The fourth-order valence-corrected chi connectivity index (χ4v) is 2.96. The van der Waals surface area contributed by atoms with Crippen molar-refractivity contribution in [1.82, 2.24) is 0 Å². The molecule has 0 bridgehead atoms. The third-order valence-electron chi connectivity index (χ3n) is 5.29. The summed E-state index contributed by atoms with van der Waals surface area (Å²) in [6.07, 6.45) is 3.95. The predicted octanol–water partition coefficient (Wildman–Crippen LogP) is 3.56. The molecule has 2 aliphatic rings. The highest BCUT2D eigenvalue weighted by molar-refractivity contribution is 6.62. The van der Waals surface area contributed by atoms with E-state index in [1.807, 2.05) is 0 Å². The van der Waals surface area contributed by atoms with E-state index in [4.69, 9.17) is 9.31 Å². The number of hydrogen-bond donors (Lipinski definition) is 0. The van der Waals surface area contributed by atoms with Crippen molar-refractivity contribution in [2.75, 3.05) is 0 Å². The van der Waals surface area contributed by atoms with Crippen LogP contribution in [-0.4, -0.2) is 18.3 Å². The van der Waals surface area contributed by atoms with Crippen LogP contribution in [0.4, 0.5) is 0 Å². The van der Waals surface area contributed by atoms with Crippen LogP contribution in [0.5, 0.6) is 0 Å². The average molecular weight is 272 g/mol. The number of aryl methyl sites for hydroxylation is 1. The second kappa shape index (κ2) is 4.61. The minimum atomic E-state index is -0.266. The van der Waals surface area contributed by atoms with Gasteiger partial charge in [0, 0.05) is 0 Å². The molecule has 3 rings (SSSR count). The number of benzene rings is 1. The minimum Gasteiger partial charge on any atom is -0.399 e. The fraction of sp³-hybridized carbons (Fsp3) is 0.647. The number of rotatable bonds is 2. The molecule has 108 valence electrons. The Morgan fingerprint density at radius 3 is 2.15 bits per heavy atom. The highest BCUT2D eigenvalue weighted by Crippen LogP contribution is 2.39. The SMILES string of the molecule is Cc1ccc(C2CCC2)c(B2OC(C)(C)C(C)(C)O2)c1. The van der Waals surface area contributed by atoms with Gasteiger partial charge in [0.2, 0.25) is 0 Å². The quantitative estimate of drug-likeness (QED) is 0.766. The first-order valence-corrected chi connectivity index (χ1v) is 7.76. The lowest BCUT2D eigenvalue weighted by Gasteiger charge is -2.32. The van der Waals surface area contributed by atoms with Crippen LogP contribution in [0.25, 0.3) is 0 Å². The molecule has 0 radical (unpaired) electrons. The Kier molecular flexibility index (Phi) is 3.26. The molecule has 1 aliphatic carbocycles. The molecule has 20 heavy (non-hydrogen) atoms. The molecule has 0 N–H and O–H groups in total. The molecule has 0 aromatic heterocycles. The molecule has 3 heteroatoms. The fourth-order valence-electron chi connectivity index (χ4n) is 2.96. The molecule has 0 unspecified atom stereocenters. The largest absolute Gasteiger partial charge is 0.495 e. The monoisotopic (exact) mass is 272 g/mol. The van der Waals surface area contributed by atoms with Gasteiger partial charge in [0.05, 0.1) is 11.2 Å². The van der Waals surface area contributed by atoms with Crippen LogP contribution < -0.4 is 5.46 Å². The van der Waals surface area contributed by atoms with E-state index in [1.165, 1.54) is 35.9 Å². The standard InChI is InChI=1S/C17H25BO2/c1-12-9-10-14(13-7-6-8-13)15(11-12)18-19-16(2,3)17(4,5)20-18/h9-11,13H,6-8H2,1-5H3. The Balaban J connectivity index is 1.96. The summed E-state index contributed by atoms with van der Waals surface area (Å²) in [6, 6.07) is 6.73. The summed E-state index contributed by atoms with van der Waals surface area (Å²) >= 11 is 0. The van der Waals surface area contributed by atoms with Crippen molar-refractivity contribution in [2.24, 2.45) is 0 Å². The highest BCUT2D eigenvalue weighted by Gasteiger charge is 2.52. The van der Waals surface area contributed by atoms with Crippen LogP contribution in [0, 0.1) is 6.92 Å². The Morgan fingerprint density at radius 2 is 1.65 bits per heavy atom. The zero-order chi connectivity index (χ0) is 14.5. The lowest BCUT2D eigenvalue weighted by Crippen LogP contribution is -2.41. The van der Waals surface area contributed by atoms with Crippen LogP contribution in [0.2, 0.25) is 0 Å². The van der Waals surface area contributed by atoms with E-state index < -0.39 is 0 Å². The van der Waals surface area contributed by atoms with Gasteiger partial charge in [-0.25, -0.2) is 0 Å². The molecule has 1 heterocycles. The second-order valence-corrected chi connectivity index (χ2v) is 7.35. The predicted molar refractivity (Wildman–Crippen MR) is 83.5 cm³/mol. The minimum absolute atomic E-state index is 0.226. The first kappa shape index (κ1) is 14.2. The second-order valence-electron chi connectivity index (χ2n) is 7.35. The zero-order valence-electron chi connectivity index (χ0n) is 13.3. The van der Waals surface area contributed by atoms with Crippen molar-refractivity contribution in [1.29, 1.82) is 0 Å². The maximum absolute atomic E-state index is 6.24. The normalized spacial score (nSPS) is 24.8. The Bertz CT molecular complexity index is 502. The lowest BCUT2D eigenvalue weighted by atomic mass is 9.68. The Hall–Kier alpha value is -0.795. The van der Waals surface area contributed by atoms with Crippen LogP contribution in [0.15, 0.2) is 18.2 Å². The van der Waals surface area contributed by atoms with Gasteiger partial charge in [-0.2, -0.15) is 0 Å². The van der Waals surface area contributed by atoms with Crippen LogP contribution >= 0.6 is 0 Å². The summed E-state index contributed by atoms with van der Waals surface area (Å²) in [5.41, 5.74) is 3.42. The van der Waals surface area contributed by atoms with E-state index in [2.05, 4.69) is 52.8 Å². The van der Waals surface area contributed by atoms with Gasteiger partial charge in [0.15, 0.2) is 0 Å². The molecule has 2 fully saturated rings. The van der Waals surface area contributed by atoms with Gasteiger partial charge in [-0.1, -0.05) is 30.2 Å². The maximum atomic E-state index is 6.24. The van der Waals surface area contributed by atoms with Crippen LogP contribution in [0.1, 0.15) is 64.0 Å². The maximum Gasteiger partial charge on any atom is 0.495 e. The molecular weight excluding hydrogens is 247 g/mol. The lowest BCUT2D eigenvalue weighted by molar-refractivity contribution is 0.00578. The third kappa shape index (κ3) is 2.21.